The lowest BCUT2D eigenvalue weighted by atomic mass is 9.96. The molecule has 0 spiro atoms. The van der Waals surface area contributed by atoms with Crippen molar-refractivity contribution in [2.75, 3.05) is 0 Å². The number of nitrogens with zero attached hydrogens (tertiary/aromatic N) is 1. The van der Waals surface area contributed by atoms with Crippen LogP contribution in [0.5, 0.6) is 0 Å². The molecule has 0 bridgehead atoms. The zero-order valence-corrected chi connectivity index (χ0v) is 13.9. The lowest BCUT2D eigenvalue weighted by Gasteiger charge is -2.12. The summed E-state index contributed by atoms with van der Waals surface area (Å²) < 4.78 is 27.1. The first-order valence-corrected chi connectivity index (χ1v) is 8.78. The van der Waals surface area contributed by atoms with Crippen LogP contribution in [0.2, 0.25) is 0 Å². The highest BCUT2D eigenvalue weighted by atomic mass is 32.2. The average Bonchev–Trinajstić information content (AvgIpc) is 2.91. The first-order valence-electron chi connectivity index (χ1n) is 7.34. The van der Waals surface area contributed by atoms with Gasteiger partial charge in [-0.2, -0.15) is 0 Å². The fourth-order valence-electron chi connectivity index (χ4n) is 3.07. The molecule has 1 heterocycles. The molecule has 2 aromatic rings. The van der Waals surface area contributed by atoms with Gasteiger partial charge in [0.2, 0.25) is 0 Å². The second-order valence-electron chi connectivity index (χ2n) is 6.11. The molecule has 22 heavy (non-hydrogen) atoms. The van der Waals surface area contributed by atoms with E-state index in [4.69, 9.17) is 0 Å². The molecule has 0 aliphatic heterocycles. The normalized spacial score (nSPS) is 21.2. The van der Waals surface area contributed by atoms with Gasteiger partial charge in [0.25, 0.3) is 10.0 Å². The zero-order valence-electron chi connectivity index (χ0n) is 13.1. The van der Waals surface area contributed by atoms with Crippen LogP contribution in [0.3, 0.4) is 0 Å². The van der Waals surface area contributed by atoms with Gasteiger partial charge in [0, 0.05) is 11.6 Å². The van der Waals surface area contributed by atoms with Crippen LogP contribution in [0.4, 0.5) is 0 Å². The molecule has 3 rings (SSSR count). The molecule has 0 radical (unpaired) electrons. The van der Waals surface area contributed by atoms with Crippen LogP contribution in [0, 0.1) is 19.8 Å². The SMILES string of the molecule is Cc1ccc(S(=O)(=O)n2c(C)cc3c2C(=O)[C@H](C)[C@@H]3C)cc1. The number of benzene rings is 1. The number of carbonyl (C=O) groups is 1. The summed E-state index contributed by atoms with van der Waals surface area (Å²) >= 11 is 0. The second kappa shape index (κ2) is 4.81. The standard InChI is InChI=1S/C17H19NO3S/c1-10-5-7-14(8-6-10)22(20,21)18-11(2)9-15-12(3)13(4)17(19)16(15)18/h5-9,12-13H,1-4H3/t12-,13+/m0/s1. The molecule has 0 amide bonds. The van der Waals surface area contributed by atoms with E-state index in [1.165, 1.54) is 3.97 Å². The number of aryl methyl sites for hydroxylation is 2. The van der Waals surface area contributed by atoms with E-state index in [0.29, 0.717) is 11.4 Å². The quantitative estimate of drug-likeness (QED) is 0.854. The maximum Gasteiger partial charge on any atom is 0.268 e. The molecule has 1 aromatic heterocycles. The summed E-state index contributed by atoms with van der Waals surface area (Å²) in [5.74, 6) is -0.216. The number of fused-ring (bicyclic) bond motifs is 1. The molecular weight excluding hydrogens is 298 g/mol. The van der Waals surface area contributed by atoms with E-state index in [2.05, 4.69) is 0 Å². The van der Waals surface area contributed by atoms with E-state index in [0.717, 1.165) is 11.1 Å². The molecule has 2 atom stereocenters. The van der Waals surface area contributed by atoms with Gasteiger partial charge in [-0.05, 0) is 43.5 Å². The fourth-order valence-corrected chi connectivity index (χ4v) is 4.63. The van der Waals surface area contributed by atoms with Crippen molar-refractivity contribution in [3.05, 3.63) is 52.8 Å². The molecule has 0 fully saturated rings. The van der Waals surface area contributed by atoms with Crippen LogP contribution < -0.4 is 0 Å². The molecule has 1 aliphatic carbocycles. The molecule has 0 saturated heterocycles. The van der Waals surface area contributed by atoms with Crippen molar-refractivity contribution in [1.29, 1.82) is 0 Å². The topological polar surface area (TPSA) is 56.1 Å². The van der Waals surface area contributed by atoms with Crippen LogP contribution >= 0.6 is 0 Å². The highest BCUT2D eigenvalue weighted by Crippen LogP contribution is 2.40. The molecular formula is C17H19NO3S. The molecule has 0 saturated carbocycles. The predicted octanol–water partition coefficient (Wildman–Crippen LogP) is 3.28. The minimum Gasteiger partial charge on any atom is -0.292 e. The highest BCUT2D eigenvalue weighted by Gasteiger charge is 2.40. The Morgan fingerprint density at radius 3 is 2.18 bits per heavy atom. The number of rotatable bonds is 2. The average molecular weight is 317 g/mol. The summed E-state index contributed by atoms with van der Waals surface area (Å²) in [6.45, 7) is 7.46. The van der Waals surface area contributed by atoms with Crippen molar-refractivity contribution in [1.82, 2.24) is 3.97 Å². The van der Waals surface area contributed by atoms with E-state index < -0.39 is 10.0 Å². The third-order valence-electron chi connectivity index (χ3n) is 4.61. The summed E-state index contributed by atoms with van der Waals surface area (Å²) in [6.07, 6.45) is 0. The van der Waals surface area contributed by atoms with Crippen molar-refractivity contribution in [2.45, 2.75) is 38.5 Å². The van der Waals surface area contributed by atoms with Crippen molar-refractivity contribution in [3.63, 3.8) is 0 Å². The van der Waals surface area contributed by atoms with Gasteiger partial charge >= 0.3 is 0 Å². The fraction of sp³-hybridized carbons (Fsp3) is 0.353. The van der Waals surface area contributed by atoms with E-state index in [-0.39, 0.29) is 22.5 Å². The van der Waals surface area contributed by atoms with Gasteiger partial charge in [0.05, 0.1) is 4.90 Å². The molecule has 4 nitrogen and oxygen atoms in total. The lowest BCUT2D eigenvalue weighted by molar-refractivity contribution is 0.0931. The van der Waals surface area contributed by atoms with Gasteiger partial charge in [0.15, 0.2) is 5.78 Å². The summed E-state index contributed by atoms with van der Waals surface area (Å²) in [5.41, 5.74) is 2.74. The van der Waals surface area contributed by atoms with Gasteiger partial charge < -0.3 is 0 Å². The molecule has 1 aliphatic rings. The maximum absolute atomic E-state index is 13.0. The summed E-state index contributed by atoms with van der Waals surface area (Å²) in [6, 6.07) is 8.52. The Kier molecular flexibility index (Phi) is 3.29. The Labute approximate surface area is 130 Å². The number of hydrogen-bond acceptors (Lipinski definition) is 3. The highest BCUT2D eigenvalue weighted by molar-refractivity contribution is 7.90. The monoisotopic (exact) mass is 317 g/mol. The van der Waals surface area contributed by atoms with Crippen molar-refractivity contribution >= 4 is 15.8 Å². The minimum atomic E-state index is -3.75. The van der Waals surface area contributed by atoms with E-state index >= 15 is 0 Å². The van der Waals surface area contributed by atoms with Crippen molar-refractivity contribution in [2.24, 2.45) is 5.92 Å². The molecule has 0 unspecified atom stereocenters. The second-order valence-corrected chi connectivity index (χ2v) is 7.90. The Bertz CT molecular complexity index is 860. The van der Waals surface area contributed by atoms with Crippen LogP contribution in [0.1, 0.15) is 47.1 Å². The van der Waals surface area contributed by atoms with Crippen LogP contribution in [-0.4, -0.2) is 18.2 Å². The Morgan fingerprint density at radius 2 is 1.59 bits per heavy atom. The third-order valence-corrected chi connectivity index (χ3v) is 6.43. The number of hydrogen-bond donors (Lipinski definition) is 0. The number of aromatic nitrogens is 1. The van der Waals surface area contributed by atoms with Crippen LogP contribution in [0.15, 0.2) is 35.2 Å². The first-order chi connectivity index (χ1) is 10.2. The number of carbonyl (C=O) groups excluding carboxylic acids is 1. The van der Waals surface area contributed by atoms with Gasteiger partial charge in [0.1, 0.15) is 5.69 Å². The third kappa shape index (κ3) is 1.96. The smallest absolute Gasteiger partial charge is 0.268 e. The minimum absolute atomic E-state index is 0.0515. The van der Waals surface area contributed by atoms with Crippen molar-refractivity contribution in [3.8, 4) is 0 Å². The number of Topliss-reactive ketones (excluding diaryl/α,β-unsaturated/α-hetero) is 1. The van der Waals surface area contributed by atoms with Gasteiger partial charge in [-0.3, -0.25) is 4.79 Å². The van der Waals surface area contributed by atoms with E-state index in [1.807, 2.05) is 26.8 Å². The van der Waals surface area contributed by atoms with Gasteiger partial charge in [-0.15, -0.1) is 0 Å². The molecule has 116 valence electrons. The Balaban J connectivity index is 2.24. The first kappa shape index (κ1) is 15.0. The Morgan fingerprint density at radius 1 is 1.00 bits per heavy atom. The molecule has 0 N–H and O–H groups in total. The Hall–Kier alpha value is -1.88. The van der Waals surface area contributed by atoms with Crippen LogP contribution in [0.25, 0.3) is 0 Å². The molecule has 1 aromatic carbocycles. The van der Waals surface area contributed by atoms with E-state index in [1.54, 1.807) is 31.2 Å². The van der Waals surface area contributed by atoms with Crippen molar-refractivity contribution < 1.29 is 13.2 Å². The number of ketones is 1. The van der Waals surface area contributed by atoms with Crippen LogP contribution in [-0.2, 0) is 10.0 Å². The summed E-state index contributed by atoms with van der Waals surface area (Å²) in [5, 5.41) is 0. The largest absolute Gasteiger partial charge is 0.292 e. The maximum atomic E-state index is 13.0. The van der Waals surface area contributed by atoms with Gasteiger partial charge in [-0.1, -0.05) is 31.5 Å². The van der Waals surface area contributed by atoms with E-state index in [9.17, 15) is 13.2 Å². The summed E-state index contributed by atoms with van der Waals surface area (Å²) in [7, 11) is -3.75. The summed E-state index contributed by atoms with van der Waals surface area (Å²) in [4.78, 5) is 12.7. The van der Waals surface area contributed by atoms with Gasteiger partial charge in [-0.25, -0.2) is 12.4 Å². The zero-order chi connectivity index (χ0) is 16.2. The lowest BCUT2D eigenvalue weighted by Crippen LogP contribution is -2.20. The molecule has 5 heteroatoms. The predicted molar refractivity (Wildman–Crippen MR) is 84.8 cm³/mol.